The van der Waals surface area contributed by atoms with Crippen LogP contribution in [-0.4, -0.2) is 79.6 Å². The molecule has 0 aliphatic heterocycles. The fourth-order valence-corrected chi connectivity index (χ4v) is 18.4. The number of methoxy groups -OCH3 is 3. The zero-order valence-corrected chi connectivity index (χ0v) is 41.0. The number of unbranched alkanes of at least 4 members (excludes halogenated alkanes) is 3. The molecule has 0 aromatic heterocycles. The van der Waals surface area contributed by atoms with E-state index in [1.165, 1.54) is 63.5 Å². The van der Waals surface area contributed by atoms with Gasteiger partial charge in [0.05, 0.1) is 13.2 Å². The number of ether oxygens (including phenoxy) is 4. The largest absolute Gasteiger partial charge is 0.437 e. The topological polar surface area (TPSA) is 55.4 Å². The van der Waals surface area contributed by atoms with E-state index in [9.17, 15) is 0 Å². The summed E-state index contributed by atoms with van der Waals surface area (Å²) in [6.07, 6.45) is 11.5. The van der Waals surface area contributed by atoms with E-state index in [1.54, 1.807) is 21.3 Å². The molecule has 0 unspecified atom stereocenters. The minimum Gasteiger partial charge on any atom is -0.437 e. The molecular weight excluding hydrogens is 661 g/mol. The summed E-state index contributed by atoms with van der Waals surface area (Å²) in [7, 11) is 0.0991. The molecule has 0 N–H and O–H groups in total. The predicted octanol–water partition coefficient (Wildman–Crippen LogP) is 13.6. The second kappa shape index (κ2) is 44.6. The van der Waals surface area contributed by atoms with E-state index in [1.807, 2.05) is 0 Å². The molecule has 0 fully saturated rings. The second-order valence-corrected chi connectivity index (χ2v) is 28.0. The summed E-state index contributed by atoms with van der Waals surface area (Å²) in [6.45, 7) is 44.1. The zero-order valence-electron chi connectivity index (χ0n) is 38.0. The highest BCUT2D eigenvalue weighted by atomic mass is 28.5. The van der Waals surface area contributed by atoms with Crippen LogP contribution in [0.15, 0.2) is 0 Å². The van der Waals surface area contributed by atoms with Gasteiger partial charge in [0.25, 0.3) is 0 Å². The lowest BCUT2D eigenvalue weighted by molar-refractivity contribution is 0.0572. The van der Waals surface area contributed by atoms with E-state index in [-0.39, 0.29) is 0 Å². The Labute approximate surface area is 315 Å². The highest BCUT2D eigenvalue weighted by molar-refractivity contribution is 6.87. The van der Waals surface area contributed by atoms with Crippen molar-refractivity contribution in [1.29, 1.82) is 0 Å². The summed E-state index contributed by atoms with van der Waals surface area (Å²) < 4.78 is 32.6. The molecule has 9 heteroatoms. The van der Waals surface area contributed by atoms with Gasteiger partial charge in [-0.3, -0.25) is 0 Å². The first kappa shape index (κ1) is 61.4. The van der Waals surface area contributed by atoms with Crippen molar-refractivity contribution in [2.75, 3.05) is 54.4 Å². The molecule has 0 rings (SSSR count). The molecule has 0 spiro atoms. The van der Waals surface area contributed by atoms with Crippen LogP contribution < -0.4 is 0 Å². The Kier molecular flexibility index (Phi) is 55.9. The van der Waals surface area contributed by atoms with E-state index >= 15 is 0 Å². The molecule has 306 valence electrons. The van der Waals surface area contributed by atoms with Gasteiger partial charge in [-0.15, -0.1) is 0 Å². The quantitative estimate of drug-likeness (QED) is 0.0809. The minimum absolute atomic E-state index is 0.627. The van der Waals surface area contributed by atoms with E-state index < -0.39 is 25.2 Å². The third-order valence-electron chi connectivity index (χ3n) is 6.99. The van der Waals surface area contributed by atoms with Crippen LogP contribution in [-0.2, 0) is 27.2 Å². The van der Waals surface area contributed by atoms with Crippen molar-refractivity contribution in [1.82, 2.24) is 0 Å². The van der Waals surface area contributed by atoms with Crippen molar-refractivity contribution in [3.63, 3.8) is 0 Å². The lowest BCUT2D eigenvalue weighted by Crippen LogP contribution is -2.52. The number of hydrogen-bond acceptors (Lipinski definition) is 6. The zero-order chi connectivity index (χ0) is 39.8. The summed E-state index contributed by atoms with van der Waals surface area (Å²) in [5.74, 6) is 2.24. The molecular formula is C40H98O6Si3. The van der Waals surface area contributed by atoms with Crippen molar-refractivity contribution in [3.05, 3.63) is 0 Å². The van der Waals surface area contributed by atoms with Gasteiger partial charge in [0.1, 0.15) is 0 Å². The predicted molar refractivity (Wildman–Crippen MR) is 231 cm³/mol. The Bertz CT molecular complexity index is 544. The molecule has 0 aromatic rings. The molecule has 6 nitrogen and oxygen atoms in total. The van der Waals surface area contributed by atoms with Gasteiger partial charge < -0.3 is 27.2 Å². The van der Waals surface area contributed by atoms with Crippen molar-refractivity contribution in [3.8, 4) is 0 Å². The summed E-state index contributed by atoms with van der Waals surface area (Å²) in [5, 5.41) is 0. The van der Waals surface area contributed by atoms with Crippen molar-refractivity contribution in [2.24, 2.45) is 17.8 Å². The first-order valence-electron chi connectivity index (χ1n) is 20.2. The van der Waals surface area contributed by atoms with Gasteiger partial charge in [-0.2, -0.15) is 0 Å². The van der Waals surface area contributed by atoms with Crippen molar-refractivity contribution in [2.45, 2.75) is 192 Å². The Hall–Kier alpha value is 0.411. The average molecular weight is 759 g/mol. The first-order chi connectivity index (χ1) is 22.7. The van der Waals surface area contributed by atoms with Crippen LogP contribution in [0.25, 0.3) is 0 Å². The van der Waals surface area contributed by atoms with Crippen LogP contribution in [0.2, 0.25) is 51.4 Å². The highest BCUT2D eigenvalue weighted by Crippen LogP contribution is 2.26. The summed E-state index contributed by atoms with van der Waals surface area (Å²) in [4.78, 5) is 0. The molecule has 0 radical (unpaired) electrons. The molecule has 0 aliphatic rings. The van der Waals surface area contributed by atoms with Gasteiger partial charge in [0, 0.05) is 41.2 Å². The number of hydrogen-bond donors (Lipinski definition) is 0. The normalized spacial score (nSPS) is 11.3. The van der Waals surface area contributed by atoms with E-state index in [0.29, 0.717) is 25.0 Å². The van der Waals surface area contributed by atoms with Gasteiger partial charge in [0.2, 0.25) is 0 Å². The minimum atomic E-state index is -1.95. The third-order valence-corrected chi connectivity index (χ3v) is 18.5. The van der Waals surface area contributed by atoms with Crippen LogP contribution in [0.5, 0.6) is 0 Å². The molecule has 49 heavy (non-hydrogen) atoms. The van der Waals surface area contributed by atoms with Crippen LogP contribution in [0.1, 0.15) is 141 Å². The maximum atomic E-state index is 6.53. The van der Waals surface area contributed by atoms with Crippen LogP contribution in [0.3, 0.4) is 0 Å². The second-order valence-electron chi connectivity index (χ2n) is 15.6. The van der Waals surface area contributed by atoms with Gasteiger partial charge in [-0.25, -0.2) is 0 Å². The summed E-state index contributed by atoms with van der Waals surface area (Å²) >= 11 is 0. The molecule has 0 bridgehead atoms. The van der Waals surface area contributed by atoms with Crippen molar-refractivity contribution < 1.29 is 27.2 Å². The lowest BCUT2D eigenvalue weighted by Gasteiger charge is -2.38. The van der Waals surface area contributed by atoms with E-state index in [0.717, 1.165) is 32.2 Å². The standard InChI is InChI=1S/C14H36O2Si3.C7H16O2.C6H14.C5H12O.C4H10O.C4H10/c1-9-11-13-17(3,4)15-19(7,8)16-18(5,6)14-12-10-2;1-7(2)6-9-5-4-8-3;1-4-6(3)5-2;1-5(2)4-6-3;1-3-4-5-2;1-3-4-2/h9-14H2,1-8H3;7H,4-6H2,1-3H3;6H,4-5H2,1-3H3;5H,4H2,1-3H3;3-4H2,1-2H3;3-4H2,1-2H3. The van der Waals surface area contributed by atoms with E-state index in [4.69, 9.17) is 27.2 Å². The van der Waals surface area contributed by atoms with Gasteiger partial charge in [-0.05, 0) is 75.5 Å². The van der Waals surface area contributed by atoms with Gasteiger partial charge in [0.15, 0.2) is 16.6 Å². The number of rotatable bonds is 22. The summed E-state index contributed by atoms with van der Waals surface area (Å²) in [6, 6.07) is 2.53. The molecule has 0 saturated heterocycles. The highest BCUT2D eigenvalue weighted by Gasteiger charge is 2.38. The molecule has 0 atom stereocenters. The molecule has 0 aliphatic carbocycles. The molecule has 0 saturated carbocycles. The van der Waals surface area contributed by atoms with Gasteiger partial charge >= 0.3 is 8.56 Å². The molecule has 0 amide bonds. The van der Waals surface area contributed by atoms with Crippen molar-refractivity contribution >= 4 is 25.2 Å². The first-order valence-corrected chi connectivity index (χ1v) is 29.2. The maximum Gasteiger partial charge on any atom is 0.311 e. The fraction of sp³-hybridized carbons (Fsp3) is 1.00. The maximum absolute atomic E-state index is 6.53. The average Bonchev–Trinajstić information content (AvgIpc) is 3.01. The molecule has 0 aromatic carbocycles. The van der Waals surface area contributed by atoms with Crippen LogP contribution in [0, 0.1) is 17.8 Å². The van der Waals surface area contributed by atoms with E-state index in [2.05, 4.69) is 122 Å². The fourth-order valence-electron chi connectivity index (χ4n) is 3.95. The smallest absolute Gasteiger partial charge is 0.311 e. The molecule has 0 heterocycles. The summed E-state index contributed by atoms with van der Waals surface area (Å²) in [5.41, 5.74) is 0. The Morgan fingerprint density at radius 1 is 0.449 bits per heavy atom. The van der Waals surface area contributed by atoms with Crippen LogP contribution >= 0.6 is 0 Å². The Morgan fingerprint density at radius 3 is 1.02 bits per heavy atom. The van der Waals surface area contributed by atoms with Gasteiger partial charge in [-0.1, -0.05) is 134 Å². The Balaban J connectivity index is -0.000000128. The lowest BCUT2D eigenvalue weighted by atomic mass is 10.1. The monoisotopic (exact) mass is 759 g/mol. The van der Waals surface area contributed by atoms with Crippen LogP contribution in [0.4, 0.5) is 0 Å². The third kappa shape index (κ3) is 70.7. The Morgan fingerprint density at radius 2 is 0.837 bits per heavy atom. The SMILES string of the molecule is CCC(C)CC.CCCC.CCCC[Si](C)(C)O[Si](C)(C)O[Si](C)(C)CCCC.CCCOC.COCC(C)C.COCCOCC(C)C.